The lowest BCUT2D eigenvalue weighted by Crippen LogP contribution is -2.51. The van der Waals surface area contributed by atoms with E-state index in [9.17, 15) is 4.79 Å². The molecule has 1 unspecified atom stereocenters. The molecule has 2 rings (SSSR count). The molecular formula is C14H24BrNO2. The largest absolute Gasteiger partial charge is 0.458 e. The van der Waals surface area contributed by atoms with E-state index in [1.165, 1.54) is 32.1 Å². The average molecular weight is 318 g/mol. The van der Waals surface area contributed by atoms with Crippen molar-refractivity contribution in [3.63, 3.8) is 0 Å². The van der Waals surface area contributed by atoms with Crippen LogP contribution in [0.25, 0.3) is 0 Å². The first-order valence-corrected chi connectivity index (χ1v) is 8.13. The highest BCUT2D eigenvalue weighted by Crippen LogP contribution is 2.41. The van der Waals surface area contributed by atoms with E-state index in [-0.39, 0.29) is 16.4 Å². The molecule has 1 aliphatic heterocycles. The van der Waals surface area contributed by atoms with Crippen LogP contribution in [0.4, 0.5) is 0 Å². The van der Waals surface area contributed by atoms with Gasteiger partial charge in [0.1, 0.15) is 10.4 Å². The van der Waals surface area contributed by atoms with Crippen molar-refractivity contribution < 1.29 is 9.53 Å². The topological polar surface area (TPSA) is 38.3 Å². The Balaban J connectivity index is 2.08. The molecule has 104 valence electrons. The Morgan fingerprint density at radius 2 is 1.89 bits per heavy atom. The average Bonchev–Trinajstić information content (AvgIpc) is 2.40. The maximum absolute atomic E-state index is 12.0. The fourth-order valence-corrected chi connectivity index (χ4v) is 3.45. The summed E-state index contributed by atoms with van der Waals surface area (Å²) in [4.78, 5) is 11.8. The Hall–Kier alpha value is -0.0900. The van der Waals surface area contributed by atoms with Crippen LogP contribution in [0.5, 0.6) is 0 Å². The fourth-order valence-electron chi connectivity index (χ4n) is 3.35. The summed E-state index contributed by atoms with van der Waals surface area (Å²) in [6.45, 7) is 3.79. The van der Waals surface area contributed by atoms with Crippen molar-refractivity contribution in [3.8, 4) is 0 Å². The van der Waals surface area contributed by atoms with Crippen molar-refractivity contribution >= 4 is 21.9 Å². The maximum atomic E-state index is 12.0. The lowest BCUT2D eigenvalue weighted by molar-refractivity contribution is -0.171. The van der Waals surface area contributed by atoms with Crippen LogP contribution in [0.2, 0.25) is 0 Å². The zero-order valence-corrected chi connectivity index (χ0v) is 12.8. The van der Waals surface area contributed by atoms with Crippen molar-refractivity contribution in [1.82, 2.24) is 5.32 Å². The SMILES string of the molecule is CC(Br)C(=O)OC1(C2CCCCC2)CCNCC1. The number of piperidine rings is 1. The summed E-state index contributed by atoms with van der Waals surface area (Å²) < 4.78 is 5.95. The lowest BCUT2D eigenvalue weighted by atomic mass is 9.72. The van der Waals surface area contributed by atoms with Crippen LogP contribution in [-0.2, 0) is 9.53 Å². The molecule has 1 aliphatic carbocycles. The summed E-state index contributed by atoms with van der Waals surface area (Å²) in [7, 11) is 0. The standard InChI is InChI=1S/C14H24BrNO2/c1-11(15)13(17)18-14(7-9-16-10-8-14)12-5-3-2-4-6-12/h11-12,16H,2-10H2,1H3. The van der Waals surface area contributed by atoms with E-state index < -0.39 is 0 Å². The van der Waals surface area contributed by atoms with Gasteiger partial charge in [0.25, 0.3) is 0 Å². The molecule has 0 aromatic rings. The number of nitrogens with one attached hydrogen (secondary N) is 1. The minimum Gasteiger partial charge on any atom is -0.458 e. The number of hydrogen-bond donors (Lipinski definition) is 1. The van der Waals surface area contributed by atoms with Crippen LogP contribution < -0.4 is 5.32 Å². The summed E-state index contributed by atoms with van der Waals surface area (Å²) in [6.07, 6.45) is 8.33. The Kier molecular flexibility index (Phi) is 5.07. The predicted octanol–water partition coefficient (Wildman–Crippen LogP) is 3.02. The molecule has 2 aliphatic rings. The highest BCUT2D eigenvalue weighted by molar-refractivity contribution is 9.10. The molecule has 2 fully saturated rings. The summed E-state index contributed by atoms with van der Waals surface area (Å²) in [5.74, 6) is 0.478. The number of rotatable bonds is 3. The Bertz CT molecular complexity index is 282. The molecule has 1 saturated carbocycles. The number of carbonyl (C=O) groups excluding carboxylic acids is 1. The third-order valence-corrected chi connectivity index (χ3v) is 4.80. The molecule has 3 nitrogen and oxygen atoms in total. The Morgan fingerprint density at radius 1 is 1.28 bits per heavy atom. The van der Waals surface area contributed by atoms with Gasteiger partial charge in [-0.2, -0.15) is 0 Å². The second-order valence-corrected chi connectivity index (χ2v) is 7.06. The molecule has 0 aromatic carbocycles. The highest BCUT2D eigenvalue weighted by atomic mass is 79.9. The van der Waals surface area contributed by atoms with Crippen LogP contribution in [0.3, 0.4) is 0 Å². The molecule has 18 heavy (non-hydrogen) atoms. The van der Waals surface area contributed by atoms with E-state index in [0.717, 1.165) is 25.9 Å². The van der Waals surface area contributed by atoms with E-state index in [1.54, 1.807) is 0 Å². The van der Waals surface area contributed by atoms with Gasteiger partial charge in [-0.1, -0.05) is 35.2 Å². The van der Waals surface area contributed by atoms with Gasteiger partial charge in [-0.15, -0.1) is 0 Å². The van der Waals surface area contributed by atoms with Gasteiger partial charge in [0, 0.05) is 0 Å². The molecular weight excluding hydrogens is 294 g/mol. The Morgan fingerprint density at radius 3 is 2.44 bits per heavy atom. The first-order valence-electron chi connectivity index (χ1n) is 7.22. The number of ether oxygens (including phenoxy) is 1. The van der Waals surface area contributed by atoms with Gasteiger partial charge >= 0.3 is 5.97 Å². The smallest absolute Gasteiger partial charge is 0.319 e. The van der Waals surface area contributed by atoms with Gasteiger partial charge in [-0.3, -0.25) is 4.79 Å². The number of esters is 1. The second-order valence-electron chi connectivity index (χ2n) is 5.69. The van der Waals surface area contributed by atoms with Gasteiger partial charge < -0.3 is 10.1 Å². The van der Waals surface area contributed by atoms with Gasteiger partial charge in [0.2, 0.25) is 0 Å². The molecule has 0 bridgehead atoms. The van der Waals surface area contributed by atoms with E-state index in [1.807, 2.05) is 6.92 Å². The Labute approximate surface area is 118 Å². The summed E-state index contributed by atoms with van der Waals surface area (Å²) >= 11 is 3.32. The molecule has 1 N–H and O–H groups in total. The first-order chi connectivity index (χ1) is 8.64. The predicted molar refractivity (Wildman–Crippen MR) is 75.9 cm³/mol. The van der Waals surface area contributed by atoms with Crippen molar-refractivity contribution in [3.05, 3.63) is 0 Å². The monoisotopic (exact) mass is 317 g/mol. The second kappa shape index (κ2) is 6.38. The number of alkyl halides is 1. The minimum atomic E-state index is -0.201. The van der Waals surface area contributed by atoms with Crippen LogP contribution >= 0.6 is 15.9 Å². The van der Waals surface area contributed by atoms with Gasteiger partial charge in [0.15, 0.2) is 0 Å². The molecule has 1 saturated heterocycles. The highest BCUT2D eigenvalue weighted by Gasteiger charge is 2.43. The van der Waals surface area contributed by atoms with Crippen LogP contribution in [-0.4, -0.2) is 29.5 Å². The van der Waals surface area contributed by atoms with E-state index in [4.69, 9.17) is 4.74 Å². The maximum Gasteiger partial charge on any atom is 0.319 e. The molecule has 1 heterocycles. The first kappa shape index (κ1) is 14.3. The zero-order valence-electron chi connectivity index (χ0n) is 11.2. The summed E-state index contributed by atoms with van der Waals surface area (Å²) in [5.41, 5.74) is -0.190. The fraction of sp³-hybridized carbons (Fsp3) is 0.929. The molecule has 1 atom stereocenters. The van der Waals surface area contributed by atoms with Crippen molar-refractivity contribution in [2.45, 2.75) is 62.3 Å². The molecule has 4 heteroatoms. The third kappa shape index (κ3) is 3.27. The summed E-state index contributed by atoms with van der Waals surface area (Å²) in [6, 6.07) is 0. The van der Waals surface area contributed by atoms with Crippen LogP contribution in [0, 0.1) is 5.92 Å². The van der Waals surface area contributed by atoms with Crippen molar-refractivity contribution in [1.29, 1.82) is 0 Å². The normalized spacial score (nSPS) is 26.6. The van der Waals surface area contributed by atoms with Crippen LogP contribution in [0.15, 0.2) is 0 Å². The lowest BCUT2D eigenvalue weighted by Gasteiger charge is -2.44. The molecule has 0 radical (unpaired) electrons. The van der Waals surface area contributed by atoms with Crippen molar-refractivity contribution in [2.75, 3.05) is 13.1 Å². The van der Waals surface area contributed by atoms with E-state index >= 15 is 0 Å². The van der Waals surface area contributed by atoms with Gasteiger partial charge in [-0.25, -0.2) is 0 Å². The van der Waals surface area contributed by atoms with Gasteiger partial charge in [0.05, 0.1) is 0 Å². The third-order valence-electron chi connectivity index (χ3n) is 4.43. The van der Waals surface area contributed by atoms with Crippen LogP contribution in [0.1, 0.15) is 51.9 Å². The summed E-state index contributed by atoms with van der Waals surface area (Å²) in [5, 5.41) is 3.38. The van der Waals surface area contributed by atoms with Crippen molar-refractivity contribution in [2.24, 2.45) is 5.92 Å². The number of halogens is 1. The molecule has 0 spiro atoms. The number of carbonyl (C=O) groups is 1. The molecule has 0 aromatic heterocycles. The number of hydrogen-bond acceptors (Lipinski definition) is 3. The zero-order chi connectivity index (χ0) is 13.0. The van der Waals surface area contributed by atoms with Gasteiger partial charge in [-0.05, 0) is 51.6 Å². The quantitative estimate of drug-likeness (QED) is 0.642. The minimum absolute atomic E-state index is 0.0949. The van der Waals surface area contributed by atoms with E-state index in [2.05, 4.69) is 21.2 Å². The van der Waals surface area contributed by atoms with E-state index in [0.29, 0.717) is 5.92 Å². The molecule has 0 amide bonds.